The fourth-order valence-corrected chi connectivity index (χ4v) is 4.46. The molecule has 0 aromatic heterocycles. The molecular weight excluding hydrogens is 224 g/mol. The van der Waals surface area contributed by atoms with Crippen molar-refractivity contribution in [3.8, 4) is 0 Å². The van der Waals surface area contributed by atoms with Gasteiger partial charge in [-0.1, -0.05) is 33.8 Å². The van der Waals surface area contributed by atoms with Crippen molar-refractivity contribution in [2.75, 3.05) is 5.75 Å². The van der Waals surface area contributed by atoms with Gasteiger partial charge in [-0.25, -0.2) is 0 Å². The molecule has 1 aromatic carbocycles. The van der Waals surface area contributed by atoms with Gasteiger partial charge >= 0.3 is 0 Å². The lowest BCUT2D eigenvalue weighted by Gasteiger charge is -2.22. The Bertz CT molecular complexity index is 430. The number of thioether (sulfide) groups is 1. The quantitative estimate of drug-likeness (QED) is 0.687. The highest BCUT2D eigenvalue weighted by molar-refractivity contribution is 7.99. The highest BCUT2D eigenvalue weighted by atomic mass is 32.2. The minimum absolute atomic E-state index is 0.642. The van der Waals surface area contributed by atoms with Crippen molar-refractivity contribution >= 4 is 11.8 Å². The summed E-state index contributed by atoms with van der Waals surface area (Å²) in [5.74, 6) is 3.43. The number of hydrogen-bond donors (Lipinski definition) is 0. The average Bonchev–Trinajstić information content (AvgIpc) is 2.67. The Labute approximate surface area is 110 Å². The first-order valence-corrected chi connectivity index (χ1v) is 7.68. The van der Waals surface area contributed by atoms with Crippen LogP contribution in [0, 0.1) is 19.8 Å². The zero-order valence-electron chi connectivity index (χ0n) is 11.9. The van der Waals surface area contributed by atoms with E-state index in [2.05, 4.69) is 59.4 Å². The summed E-state index contributed by atoms with van der Waals surface area (Å²) < 4.78 is 0. The lowest BCUT2D eigenvalue weighted by molar-refractivity contribution is 0.536. The Hall–Kier alpha value is -0.430. The summed E-state index contributed by atoms with van der Waals surface area (Å²) in [4.78, 5) is 1.59. The van der Waals surface area contributed by atoms with E-state index in [1.165, 1.54) is 16.9 Å². The molecule has 1 aliphatic rings. The van der Waals surface area contributed by atoms with E-state index in [0.717, 1.165) is 11.8 Å². The van der Waals surface area contributed by atoms with Gasteiger partial charge in [0.05, 0.1) is 0 Å². The molecule has 0 nitrogen and oxygen atoms in total. The molecule has 0 radical (unpaired) electrons. The van der Waals surface area contributed by atoms with Gasteiger partial charge in [0.1, 0.15) is 0 Å². The van der Waals surface area contributed by atoms with Crippen molar-refractivity contribution in [2.45, 2.75) is 58.3 Å². The van der Waals surface area contributed by atoms with E-state index in [0.29, 0.717) is 5.92 Å². The van der Waals surface area contributed by atoms with Crippen molar-refractivity contribution in [2.24, 2.45) is 5.92 Å². The second kappa shape index (κ2) is 4.68. The van der Waals surface area contributed by atoms with Crippen LogP contribution in [0.2, 0.25) is 0 Å². The zero-order valence-corrected chi connectivity index (χ0v) is 12.7. The first-order valence-electron chi connectivity index (χ1n) is 6.70. The van der Waals surface area contributed by atoms with Gasteiger partial charge in [-0.05, 0) is 53.9 Å². The molecule has 1 heteroatoms. The fraction of sp³-hybridized carbons (Fsp3) is 0.625. The van der Waals surface area contributed by atoms with E-state index in [1.54, 1.807) is 16.0 Å². The number of hydrogen-bond acceptors (Lipinski definition) is 1. The normalized spacial score (nSPS) is 19.2. The summed E-state index contributed by atoms with van der Waals surface area (Å²) in [6, 6.07) is 2.43. The smallest absolute Gasteiger partial charge is 0.0142 e. The van der Waals surface area contributed by atoms with Crippen LogP contribution in [-0.4, -0.2) is 5.75 Å². The third-order valence-electron chi connectivity index (χ3n) is 4.06. The van der Waals surface area contributed by atoms with Gasteiger partial charge in [-0.3, -0.25) is 0 Å². The first-order chi connectivity index (χ1) is 7.93. The maximum absolute atomic E-state index is 2.43. The SMILES string of the molecule is Cc1cc(C(C)C)c2c(c1C)SCC2C(C)C. The molecule has 1 unspecified atom stereocenters. The minimum Gasteiger partial charge on any atom is -0.125 e. The Morgan fingerprint density at radius 3 is 2.35 bits per heavy atom. The van der Waals surface area contributed by atoms with E-state index < -0.39 is 0 Å². The Morgan fingerprint density at radius 2 is 1.82 bits per heavy atom. The molecule has 1 atom stereocenters. The number of aryl methyl sites for hydroxylation is 1. The lowest BCUT2D eigenvalue weighted by Crippen LogP contribution is -2.09. The molecule has 0 saturated carbocycles. The highest BCUT2D eigenvalue weighted by Crippen LogP contribution is 2.48. The molecule has 17 heavy (non-hydrogen) atoms. The molecule has 2 rings (SSSR count). The minimum atomic E-state index is 0.642. The largest absolute Gasteiger partial charge is 0.125 e. The standard InChI is InChI=1S/C16H24S/c1-9(2)13-7-11(5)12(6)16-15(13)14(8-17-16)10(3)4/h7,9-10,14H,8H2,1-6H3. The summed E-state index contributed by atoms with van der Waals surface area (Å²) >= 11 is 2.08. The fourth-order valence-electron chi connectivity index (χ4n) is 2.76. The van der Waals surface area contributed by atoms with Crippen LogP contribution in [0.3, 0.4) is 0 Å². The van der Waals surface area contributed by atoms with Crippen molar-refractivity contribution in [1.82, 2.24) is 0 Å². The molecule has 0 amide bonds. The molecule has 0 fully saturated rings. The van der Waals surface area contributed by atoms with Crippen LogP contribution in [-0.2, 0) is 0 Å². The van der Waals surface area contributed by atoms with Gasteiger partial charge in [0.2, 0.25) is 0 Å². The molecule has 0 N–H and O–H groups in total. The summed E-state index contributed by atoms with van der Waals surface area (Å²) in [5, 5.41) is 0. The third kappa shape index (κ3) is 2.14. The van der Waals surface area contributed by atoms with Crippen LogP contribution in [0.1, 0.15) is 61.8 Å². The van der Waals surface area contributed by atoms with Gasteiger partial charge in [0.15, 0.2) is 0 Å². The highest BCUT2D eigenvalue weighted by Gasteiger charge is 2.30. The lowest BCUT2D eigenvalue weighted by atomic mass is 9.82. The van der Waals surface area contributed by atoms with Crippen LogP contribution in [0.15, 0.2) is 11.0 Å². The molecule has 0 spiro atoms. The van der Waals surface area contributed by atoms with Gasteiger partial charge in [-0.15, -0.1) is 11.8 Å². The predicted molar refractivity (Wildman–Crippen MR) is 78.3 cm³/mol. The maximum Gasteiger partial charge on any atom is 0.0142 e. The van der Waals surface area contributed by atoms with Crippen molar-refractivity contribution in [3.05, 3.63) is 28.3 Å². The van der Waals surface area contributed by atoms with Gasteiger partial charge in [0.25, 0.3) is 0 Å². The molecule has 1 aromatic rings. The Kier molecular flexibility index (Phi) is 3.58. The molecule has 0 bridgehead atoms. The van der Waals surface area contributed by atoms with Crippen LogP contribution in [0.25, 0.3) is 0 Å². The molecule has 1 aliphatic heterocycles. The van der Waals surface area contributed by atoms with Crippen molar-refractivity contribution < 1.29 is 0 Å². The van der Waals surface area contributed by atoms with Crippen molar-refractivity contribution in [3.63, 3.8) is 0 Å². The molecule has 0 aliphatic carbocycles. The van der Waals surface area contributed by atoms with E-state index in [-0.39, 0.29) is 0 Å². The molecule has 94 valence electrons. The second-order valence-electron chi connectivity index (χ2n) is 5.97. The predicted octanol–water partition coefficient (Wildman–Crippen LogP) is 5.27. The first kappa shape index (κ1) is 13.0. The molecule has 0 saturated heterocycles. The summed E-state index contributed by atoms with van der Waals surface area (Å²) in [6.07, 6.45) is 0. The van der Waals surface area contributed by atoms with E-state index in [9.17, 15) is 0 Å². The summed E-state index contributed by atoms with van der Waals surface area (Å²) in [7, 11) is 0. The zero-order chi connectivity index (χ0) is 12.7. The summed E-state index contributed by atoms with van der Waals surface area (Å²) in [6.45, 7) is 13.9. The van der Waals surface area contributed by atoms with Gasteiger partial charge < -0.3 is 0 Å². The van der Waals surface area contributed by atoms with Gasteiger partial charge in [-0.2, -0.15) is 0 Å². The average molecular weight is 248 g/mol. The van der Waals surface area contributed by atoms with E-state index in [1.807, 2.05) is 0 Å². The van der Waals surface area contributed by atoms with E-state index >= 15 is 0 Å². The number of rotatable bonds is 2. The van der Waals surface area contributed by atoms with Crippen molar-refractivity contribution in [1.29, 1.82) is 0 Å². The third-order valence-corrected chi connectivity index (χ3v) is 5.41. The monoisotopic (exact) mass is 248 g/mol. The number of fused-ring (bicyclic) bond motifs is 1. The molecule has 1 heterocycles. The maximum atomic E-state index is 2.43. The van der Waals surface area contributed by atoms with Gasteiger partial charge in [0, 0.05) is 10.6 Å². The number of benzene rings is 1. The van der Waals surface area contributed by atoms with Crippen LogP contribution >= 0.6 is 11.8 Å². The van der Waals surface area contributed by atoms with E-state index in [4.69, 9.17) is 0 Å². The Balaban J connectivity index is 2.64. The van der Waals surface area contributed by atoms with Crippen LogP contribution in [0.5, 0.6) is 0 Å². The second-order valence-corrected chi connectivity index (χ2v) is 7.00. The Morgan fingerprint density at radius 1 is 1.18 bits per heavy atom. The topological polar surface area (TPSA) is 0 Å². The van der Waals surface area contributed by atoms with Crippen LogP contribution < -0.4 is 0 Å². The van der Waals surface area contributed by atoms with Crippen LogP contribution in [0.4, 0.5) is 0 Å². The molecular formula is C16H24S. The summed E-state index contributed by atoms with van der Waals surface area (Å²) in [5.41, 5.74) is 6.23.